The molecule has 94 valence electrons. The minimum atomic E-state index is 0.0758. The highest BCUT2D eigenvalue weighted by molar-refractivity contribution is 5.79. The number of hydrogen-bond acceptors (Lipinski definition) is 2. The van der Waals surface area contributed by atoms with Crippen molar-refractivity contribution in [3.05, 3.63) is 35.4 Å². The number of nitrogens with one attached hydrogen (secondary N) is 1. The first-order valence-corrected chi connectivity index (χ1v) is 6.23. The maximum absolute atomic E-state index is 11.8. The molecule has 0 heterocycles. The molecule has 0 bridgehead atoms. The molecule has 0 saturated carbocycles. The fourth-order valence-electron chi connectivity index (χ4n) is 1.93. The Hall–Kier alpha value is -1.35. The molecule has 1 aromatic rings. The first-order valence-electron chi connectivity index (χ1n) is 6.23. The maximum Gasteiger partial charge on any atom is 0.224 e. The largest absolute Gasteiger partial charge is 0.353 e. The van der Waals surface area contributed by atoms with E-state index in [1.54, 1.807) is 0 Å². The van der Waals surface area contributed by atoms with Gasteiger partial charge in [-0.25, -0.2) is 0 Å². The van der Waals surface area contributed by atoms with E-state index in [1.165, 1.54) is 0 Å². The Balaban J connectivity index is 2.55. The van der Waals surface area contributed by atoms with Gasteiger partial charge in [-0.15, -0.1) is 0 Å². The molecule has 1 amide bonds. The lowest BCUT2D eigenvalue weighted by atomic mass is 10.0. The van der Waals surface area contributed by atoms with Gasteiger partial charge in [0.25, 0.3) is 0 Å². The number of nitrogens with two attached hydrogens (primary N) is 1. The number of amides is 1. The quantitative estimate of drug-likeness (QED) is 0.791. The molecule has 0 aromatic heterocycles. The summed E-state index contributed by atoms with van der Waals surface area (Å²) >= 11 is 0. The van der Waals surface area contributed by atoms with Crippen LogP contribution < -0.4 is 11.1 Å². The van der Waals surface area contributed by atoms with Gasteiger partial charge in [0.05, 0.1) is 6.42 Å². The van der Waals surface area contributed by atoms with E-state index in [1.807, 2.05) is 31.2 Å². The fourth-order valence-corrected chi connectivity index (χ4v) is 1.93. The molecule has 0 saturated heterocycles. The molecule has 1 aromatic carbocycles. The summed E-state index contributed by atoms with van der Waals surface area (Å²) in [6.45, 7) is 4.64. The van der Waals surface area contributed by atoms with Crippen LogP contribution in [0.2, 0.25) is 0 Å². The van der Waals surface area contributed by atoms with Crippen LogP contribution in [-0.2, 0) is 17.8 Å². The van der Waals surface area contributed by atoms with Crippen molar-refractivity contribution in [3.8, 4) is 0 Å². The van der Waals surface area contributed by atoms with E-state index in [-0.39, 0.29) is 11.9 Å². The number of carbonyl (C=O) groups is 1. The van der Waals surface area contributed by atoms with E-state index >= 15 is 0 Å². The van der Waals surface area contributed by atoms with E-state index in [0.717, 1.165) is 24.0 Å². The van der Waals surface area contributed by atoms with Crippen LogP contribution in [0.5, 0.6) is 0 Å². The molecule has 0 spiro atoms. The molecule has 3 N–H and O–H groups in total. The van der Waals surface area contributed by atoms with Gasteiger partial charge in [-0.1, -0.05) is 37.6 Å². The van der Waals surface area contributed by atoms with Gasteiger partial charge in [-0.2, -0.15) is 0 Å². The maximum atomic E-state index is 11.8. The molecule has 0 radical (unpaired) electrons. The standard InChI is InChI=1S/C14H22N2O/c1-3-6-11(2)16-14(17)9-12-7-4-5-8-13(12)10-15/h4-5,7-8,11H,3,6,9-10,15H2,1-2H3,(H,16,17). The monoisotopic (exact) mass is 234 g/mol. The third-order valence-electron chi connectivity index (χ3n) is 2.82. The Labute approximate surface area is 103 Å². The third kappa shape index (κ3) is 4.57. The number of carbonyl (C=O) groups excluding carboxylic acids is 1. The molecule has 1 atom stereocenters. The zero-order valence-electron chi connectivity index (χ0n) is 10.7. The number of hydrogen-bond donors (Lipinski definition) is 2. The first-order chi connectivity index (χ1) is 8.17. The summed E-state index contributed by atoms with van der Waals surface area (Å²) in [5, 5.41) is 3.00. The van der Waals surface area contributed by atoms with Gasteiger partial charge in [0, 0.05) is 12.6 Å². The van der Waals surface area contributed by atoms with Crippen molar-refractivity contribution in [2.45, 2.75) is 45.7 Å². The fraction of sp³-hybridized carbons (Fsp3) is 0.500. The molecule has 0 fully saturated rings. The number of rotatable bonds is 6. The molecule has 0 aliphatic rings. The van der Waals surface area contributed by atoms with Crippen LogP contribution in [0.15, 0.2) is 24.3 Å². The summed E-state index contributed by atoms with van der Waals surface area (Å²) in [6.07, 6.45) is 2.52. The zero-order valence-corrected chi connectivity index (χ0v) is 10.7. The molecule has 0 aliphatic heterocycles. The lowest BCUT2D eigenvalue weighted by molar-refractivity contribution is -0.121. The molecular weight excluding hydrogens is 212 g/mol. The van der Waals surface area contributed by atoms with Crippen molar-refractivity contribution in [2.75, 3.05) is 0 Å². The Morgan fingerprint density at radius 2 is 2.00 bits per heavy atom. The summed E-state index contributed by atoms with van der Waals surface area (Å²) in [4.78, 5) is 11.8. The zero-order chi connectivity index (χ0) is 12.7. The van der Waals surface area contributed by atoms with Crippen molar-refractivity contribution in [1.29, 1.82) is 0 Å². The van der Waals surface area contributed by atoms with Crippen molar-refractivity contribution in [3.63, 3.8) is 0 Å². The van der Waals surface area contributed by atoms with E-state index in [9.17, 15) is 4.79 Å². The van der Waals surface area contributed by atoms with Gasteiger partial charge in [0.15, 0.2) is 0 Å². The Morgan fingerprint density at radius 3 is 2.59 bits per heavy atom. The highest BCUT2D eigenvalue weighted by Gasteiger charge is 2.09. The van der Waals surface area contributed by atoms with Gasteiger partial charge in [0.1, 0.15) is 0 Å². The van der Waals surface area contributed by atoms with Crippen LogP contribution in [0, 0.1) is 0 Å². The van der Waals surface area contributed by atoms with Crippen molar-refractivity contribution in [1.82, 2.24) is 5.32 Å². The van der Waals surface area contributed by atoms with E-state index in [0.29, 0.717) is 13.0 Å². The second-order valence-electron chi connectivity index (χ2n) is 4.41. The van der Waals surface area contributed by atoms with Crippen LogP contribution in [0.25, 0.3) is 0 Å². The van der Waals surface area contributed by atoms with Gasteiger partial charge in [0.2, 0.25) is 5.91 Å². The summed E-state index contributed by atoms with van der Waals surface area (Å²) in [7, 11) is 0. The average molecular weight is 234 g/mol. The molecule has 1 rings (SSSR count). The normalized spacial score (nSPS) is 12.2. The average Bonchev–Trinajstić information content (AvgIpc) is 2.29. The predicted molar refractivity (Wildman–Crippen MR) is 70.6 cm³/mol. The van der Waals surface area contributed by atoms with Crippen LogP contribution >= 0.6 is 0 Å². The van der Waals surface area contributed by atoms with Crippen LogP contribution in [0.3, 0.4) is 0 Å². The molecule has 3 nitrogen and oxygen atoms in total. The topological polar surface area (TPSA) is 55.1 Å². The van der Waals surface area contributed by atoms with E-state index in [4.69, 9.17) is 5.73 Å². The summed E-state index contributed by atoms with van der Waals surface area (Å²) in [5.41, 5.74) is 7.71. The first kappa shape index (κ1) is 13.7. The van der Waals surface area contributed by atoms with Gasteiger partial charge < -0.3 is 11.1 Å². The van der Waals surface area contributed by atoms with Crippen molar-refractivity contribution < 1.29 is 4.79 Å². The smallest absolute Gasteiger partial charge is 0.224 e. The molecule has 0 aliphatic carbocycles. The summed E-state index contributed by atoms with van der Waals surface area (Å²) in [5.74, 6) is 0.0758. The van der Waals surface area contributed by atoms with Crippen LogP contribution in [-0.4, -0.2) is 11.9 Å². The lowest BCUT2D eigenvalue weighted by Crippen LogP contribution is -2.33. The Morgan fingerprint density at radius 1 is 1.35 bits per heavy atom. The van der Waals surface area contributed by atoms with Gasteiger partial charge in [-0.05, 0) is 24.5 Å². The predicted octanol–water partition coefficient (Wildman–Crippen LogP) is 1.99. The number of benzene rings is 1. The Bertz CT molecular complexity index is 363. The van der Waals surface area contributed by atoms with Gasteiger partial charge >= 0.3 is 0 Å². The molecule has 17 heavy (non-hydrogen) atoms. The van der Waals surface area contributed by atoms with Crippen molar-refractivity contribution >= 4 is 5.91 Å². The second kappa shape index (κ2) is 7.07. The van der Waals surface area contributed by atoms with E-state index in [2.05, 4.69) is 12.2 Å². The minimum Gasteiger partial charge on any atom is -0.353 e. The summed E-state index contributed by atoms with van der Waals surface area (Å²) in [6, 6.07) is 8.07. The lowest BCUT2D eigenvalue weighted by Gasteiger charge is -2.13. The molecular formula is C14H22N2O. The van der Waals surface area contributed by atoms with Crippen LogP contribution in [0.4, 0.5) is 0 Å². The molecule has 1 unspecified atom stereocenters. The highest BCUT2D eigenvalue weighted by atomic mass is 16.1. The second-order valence-corrected chi connectivity index (χ2v) is 4.41. The molecule has 3 heteroatoms. The minimum absolute atomic E-state index is 0.0758. The SMILES string of the molecule is CCCC(C)NC(=O)Cc1ccccc1CN. The third-order valence-corrected chi connectivity index (χ3v) is 2.82. The highest BCUT2D eigenvalue weighted by Crippen LogP contribution is 2.09. The van der Waals surface area contributed by atoms with Crippen molar-refractivity contribution in [2.24, 2.45) is 5.73 Å². The van der Waals surface area contributed by atoms with Crippen LogP contribution in [0.1, 0.15) is 37.8 Å². The van der Waals surface area contributed by atoms with E-state index < -0.39 is 0 Å². The van der Waals surface area contributed by atoms with Gasteiger partial charge in [-0.3, -0.25) is 4.79 Å². The Kier molecular flexibility index (Phi) is 5.70. The summed E-state index contributed by atoms with van der Waals surface area (Å²) < 4.78 is 0.